The fourth-order valence-electron chi connectivity index (χ4n) is 5.32. The van der Waals surface area contributed by atoms with Crippen molar-refractivity contribution >= 4 is 47.0 Å². The first-order valence-corrected chi connectivity index (χ1v) is 17.7. The van der Waals surface area contributed by atoms with E-state index < -0.39 is 7.92 Å². The minimum absolute atomic E-state index is 0.635. The number of hydrogen-bond acceptors (Lipinski definition) is 0. The Balaban J connectivity index is 1.31. The van der Waals surface area contributed by atoms with Gasteiger partial charge in [0.2, 0.25) is 0 Å². The third-order valence-electron chi connectivity index (χ3n) is 7.68. The van der Waals surface area contributed by atoms with E-state index in [1.54, 1.807) is 0 Å². The number of benzene rings is 3. The molecule has 0 aliphatic rings. The molecule has 39 heavy (non-hydrogen) atoms. The highest BCUT2D eigenvalue weighted by molar-refractivity contribution is 7.79. The van der Waals surface area contributed by atoms with E-state index in [0.29, 0.717) is 0 Å². The molecule has 3 aromatic rings. The van der Waals surface area contributed by atoms with Crippen LogP contribution in [0.15, 0.2) is 72.8 Å². The van der Waals surface area contributed by atoms with Crippen molar-refractivity contribution in [3.05, 3.63) is 88.4 Å². The molecule has 0 radical (unpaired) electrons. The van der Waals surface area contributed by atoms with E-state index in [2.05, 4.69) is 55.5 Å². The van der Waals surface area contributed by atoms with Gasteiger partial charge in [-0.15, -0.1) is 0 Å². The molecule has 0 spiro atoms. The molecule has 3 heteroatoms. The summed E-state index contributed by atoms with van der Waals surface area (Å²) in [6.45, 7) is 2.30. The van der Waals surface area contributed by atoms with Gasteiger partial charge in [-0.05, 0) is 66.5 Å². The van der Waals surface area contributed by atoms with Crippen LogP contribution in [0.2, 0.25) is 10.0 Å². The third-order valence-corrected chi connectivity index (χ3v) is 10.6. The maximum absolute atomic E-state index is 6.18. The Kier molecular flexibility index (Phi) is 16.3. The Bertz CT molecular complexity index is 966. The average Bonchev–Trinajstić information content (AvgIpc) is 2.96. The predicted molar refractivity (Wildman–Crippen MR) is 178 cm³/mol. The first-order chi connectivity index (χ1) is 19.2. The summed E-state index contributed by atoms with van der Waals surface area (Å²) in [6.07, 6.45) is 23.8. The van der Waals surface area contributed by atoms with Gasteiger partial charge in [-0.2, -0.15) is 0 Å². The summed E-state index contributed by atoms with van der Waals surface area (Å²) in [6, 6.07) is 25.9. The molecule has 0 bridgehead atoms. The Morgan fingerprint density at radius 1 is 0.410 bits per heavy atom. The van der Waals surface area contributed by atoms with Crippen LogP contribution >= 0.6 is 31.1 Å². The zero-order valence-corrected chi connectivity index (χ0v) is 26.6. The van der Waals surface area contributed by atoms with Crippen molar-refractivity contribution in [2.75, 3.05) is 0 Å². The van der Waals surface area contributed by atoms with Crippen LogP contribution in [0, 0.1) is 0 Å². The van der Waals surface area contributed by atoms with Gasteiger partial charge in [0.1, 0.15) is 0 Å². The molecule has 0 heterocycles. The van der Waals surface area contributed by atoms with E-state index in [0.717, 1.165) is 10.0 Å². The minimum atomic E-state index is -0.635. The van der Waals surface area contributed by atoms with E-state index >= 15 is 0 Å². The summed E-state index contributed by atoms with van der Waals surface area (Å²) >= 11 is 12.4. The Hall–Kier alpha value is -1.33. The highest BCUT2D eigenvalue weighted by atomic mass is 35.5. The molecular weight excluding hydrogens is 534 g/mol. The van der Waals surface area contributed by atoms with Crippen LogP contribution in [0.4, 0.5) is 0 Å². The van der Waals surface area contributed by atoms with E-state index in [1.807, 2.05) is 24.3 Å². The molecule has 0 atom stereocenters. The molecule has 0 N–H and O–H groups in total. The lowest BCUT2D eigenvalue weighted by Crippen LogP contribution is -2.20. The third kappa shape index (κ3) is 12.8. The minimum Gasteiger partial charge on any atom is -0.0843 e. The van der Waals surface area contributed by atoms with Gasteiger partial charge < -0.3 is 0 Å². The van der Waals surface area contributed by atoms with E-state index in [4.69, 9.17) is 23.2 Å². The quantitative estimate of drug-likeness (QED) is 0.0917. The molecule has 0 aromatic heterocycles. The Labute approximate surface area is 250 Å². The summed E-state index contributed by atoms with van der Waals surface area (Å²) in [5.74, 6) is 0. The van der Waals surface area contributed by atoms with Crippen LogP contribution in [0.5, 0.6) is 0 Å². The summed E-state index contributed by atoms with van der Waals surface area (Å²) in [7, 11) is -0.635. The van der Waals surface area contributed by atoms with Crippen molar-refractivity contribution in [1.82, 2.24) is 0 Å². The zero-order chi connectivity index (χ0) is 27.5. The van der Waals surface area contributed by atoms with Gasteiger partial charge >= 0.3 is 0 Å². The molecule has 0 saturated heterocycles. The maximum Gasteiger partial charge on any atom is 0.0406 e. The van der Waals surface area contributed by atoms with Crippen LogP contribution in [0.25, 0.3) is 0 Å². The molecule has 0 unspecified atom stereocenters. The van der Waals surface area contributed by atoms with E-state index in [9.17, 15) is 0 Å². The van der Waals surface area contributed by atoms with Crippen molar-refractivity contribution in [3.63, 3.8) is 0 Å². The molecule has 3 aromatic carbocycles. The Morgan fingerprint density at radius 3 is 1.08 bits per heavy atom. The Morgan fingerprint density at radius 2 is 0.718 bits per heavy atom. The molecule has 212 valence electrons. The number of rotatable bonds is 20. The largest absolute Gasteiger partial charge is 0.0843 e. The molecule has 0 saturated carbocycles. The second-order valence-electron chi connectivity index (χ2n) is 11.0. The van der Waals surface area contributed by atoms with Crippen LogP contribution in [0.1, 0.15) is 115 Å². The molecule has 0 amide bonds. The van der Waals surface area contributed by atoms with Crippen molar-refractivity contribution in [2.45, 2.75) is 116 Å². The first-order valence-electron chi connectivity index (χ1n) is 15.6. The molecule has 0 nitrogen and oxygen atoms in total. The lowest BCUT2D eigenvalue weighted by molar-refractivity contribution is 0.529. The van der Waals surface area contributed by atoms with Gasteiger partial charge in [-0.3, -0.25) is 0 Å². The number of aryl methyl sites for hydroxylation is 1. The van der Waals surface area contributed by atoms with Gasteiger partial charge in [-0.25, -0.2) is 0 Å². The SMILES string of the molecule is CCCCCCCCCCCCCCCCCCc1ccc(P(c2ccc(Cl)cc2)c2ccc(Cl)cc2)cc1. The lowest BCUT2D eigenvalue weighted by atomic mass is 10.0. The molecule has 0 aliphatic heterocycles. The average molecular weight is 584 g/mol. The molecular formula is C36H49Cl2P. The predicted octanol–water partition coefficient (Wildman–Crippen LogP) is 11.6. The lowest BCUT2D eigenvalue weighted by Gasteiger charge is -2.20. The summed E-state index contributed by atoms with van der Waals surface area (Å²) in [4.78, 5) is 0. The van der Waals surface area contributed by atoms with Gasteiger partial charge in [0, 0.05) is 10.0 Å². The van der Waals surface area contributed by atoms with Crippen molar-refractivity contribution < 1.29 is 0 Å². The maximum atomic E-state index is 6.18. The first kappa shape index (κ1) is 32.2. The fourth-order valence-corrected chi connectivity index (χ4v) is 7.80. The number of unbranched alkanes of at least 4 members (excludes halogenated alkanes) is 15. The second-order valence-corrected chi connectivity index (χ2v) is 14.1. The fraction of sp³-hybridized carbons (Fsp3) is 0.500. The molecule has 0 fully saturated rings. The topological polar surface area (TPSA) is 0 Å². The van der Waals surface area contributed by atoms with Crippen LogP contribution in [-0.4, -0.2) is 0 Å². The number of halogens is 2. The molecule has 3 rings (SSSR count). The number of hydrogen-bond donors (Lipinski definition) is 0. The highest BCUT2D eigenvalue weighted by Crippen LogP contribution is 2.33. The summed E-state index contributed by atoms with van der Waals surface area (Å²) in [5.41, 5.74) is 1.45. The van der Waals surface area contributed by atoms with Crippen molar-refractivity contribution in [2.24, 2.45) is 0 Å². The summed E-state index contributed by atoms with van der Waals surface area (Å²) < 4.78 is 0. The van der Waals surface area contributed by atoms with Crippen molar-refractivity contribution in [3.8, 4) is 0 Å². The van der Waals surface area contributed by atoms with E-state index in [1.165, 1.54) is 131 Å². The van der Waals surface area contributed by atoms with Crippen molar-refractivity contribution in [1.29, 1.82) is 0 Å². The molecule has 0 aliphatic carbocycles. The van der Waals surface area contributed by atoms with Crippen LogP contribution < -0.4 is 15.9 Å². The van der Waals surface area contributed by atoms with Gasteiger partial charge in [0.05, 0.1) is 0 Å². The van der Waals surface area contributed by atoms with E-state index in [-0.39, 0.29) is 0 Å². The van der Waals surface area contributed by atoms with Crippen LogP contribution in [0.3, 0.4) is 0 Å². The highest BCUT2D eigenvalue weighted by Gasteiger charge is 2.16. The summed E-state index contributed by atoms with van der Waals surface area (Å²) in [5, 5.41) is 5.54. The van der Waals surface area contributed by atoms with Gasteiger partial charge in [0.15, 0.2) is 0 Å². The van der Waals surface area contributed by atoms with Gasteiger partial charge in [-0.1, -0.05) is 175 Å². The monoisotopic (exact) mass is 582 g/mol. The smallest absolute Gasteiger partial charge is 0.0406 e. The standard InChI is InChI=1S/C36H49Cl2P/c1-2-3-4-5-6-7-8-9-10-11-12-13-14-15-16-17-18-31-19-25-34(26-20-31)39(35-27-21-32(37)22-28-35)36-29-23-33(38)24-30-36/h19-30H,2-18H2,1H3. The van der Waals surface area contributed by atoms with Gasteiger partial charge in [0.25, 0.3) is 0 Å². The second kappa shape index (κ2) is 19.7. The zero-order valence-electron chi connectivity index (χ0n) is 24.2. The van der Waals surface area contributed by atoms with Crippen LogP contribution in [-0.2, 0) is 6.42 Å². The normalized spacial score (nSPS) is 11.4.